The van der Waals surface area contributed by atoms with Gasteiger partial charge in [-0.05, 0) is 12.5 Å². The van der Waals surface area contributed by atoms with E-state index in [-0.39, 0.29) is 11.5 Å². The van der Waals surface area contributed by atoms with Crippen LogP contribution in [0.1, 0.15) is 20.3 Å². The summed E-state index contributed by atoms with van der Waals surface area (Å²) >= 11 is 0. The van der Waals surface area contributed by atoms with Gasteiger partial charge in [0.15, 0.2) is 0 Å². The minimum Gasteiger partial charge on any atom is -0.392 e. The van der Waals surface area contributed by atoms with Crippen molar-refractivity contribution >= 4 is 11.4 Å². The van der Waals surface area contributed by atoms with E-state index >= 15 is 0 Å². The second-order valence-corrected chi connectivity index (χ2v) is 5.56. The average Bonchev–Trinajstić information content (AvgIpc) is 2.29. The lowest BCUT2D eigenvalue weighted by molar-refractivity contribution is -0.0510. The van der Waals surface area contributed by atoms with E-state index < -0.39 is 0 Å². The number of pyridine rings is 1. The molecule has 0 amide bonds. The fourth-order valence-corrected chi connectivity index (χ4v) is 2.22. The molecule has 0 saturated heterocycles. The highest BCUT2D eigenvalue weighted by Gasteiger charge is 2.47. The van der Waals surface area contributed by atoms with E-state index in [4.69, 9.17) is 0 Å². The number of aliphatic hydroxyl groups excluding tert-OH is 1. The Morgan fingerprint density at radius 3 is 2.71 bits per heavy atom. The molecule has 94 valence electrons. The first kappa shape index (κ1) is 12.2. The van der Waals surface area contributed by atoms with Crippen LogP contribution in [0.2, 0.25) is 0 Å². The Balaban J connectivity index is 2.15. The number of anilines is 2. The van der Waals surface area contributed by atoms with Gasteiger partial charge < -0.3 is 15.3 Å². The molecule has 1 fully saturated rings. The van der Waals surface area contributed by atoms with Crippen molar-refractivity contribution in [1.82, 2.24) is 4.98 Å². The van der Waals surface area contributed by atoms with Gasteiger partial charge in [0.1, 0.15) is 0 Å². The fourth-order valence-electron chi connectivity index (χ4n) is 2.22. The average molecular weight is 235 g/mol. The highest BCUT2D eigenvalue weighted by atomic mass is 16.3. The summed E-state index contributed by atoms with van der Waals surface area (Å²) in [6, 6.07) is 2.30. The molecule has 4 nitrogen and oxygen atoms in total. The minimum atomic E-state index is -0.209. The molecule has 0 bridgehead atoms. The molecule has 4 heteroatoms. The maximum atomic E-state index is 9.74. The summed E-state index contributed by atoms with van der Waals surface area (Å²) in [5.74, 6) is 0. The molecule has 1 aliphatic rings. The Labute approximate surface area is 103 Å². The first-order valence-corrected chi connectivity index (χ1v) is 5.99. The van der Waals surface area contributed by atoms with Crippen molar-refractivity contribution in [3.05, 3.63) is 18.5 Å². The lowest BCUT2D eigenvalue weighted by Crippen LogP contribution is -2.57. The van der Waals surface area contributed by atoms with Crippen LogP contribution < -0.4 is 10.2 Å². The number of rotatable bonds is 3. The second kappa shape index (κ2) is 4.18. The monoisotopic (exact) mass is 235 g/mol. The molecule has 1 saturated carbocycles. The van der Waals surface area contributed by atoms with Gasteiger partial charge in [-0.3, -0.25) is 4.98 Å². The van der Waals surface area contributed by atoms with Crippen LogP contribution in [0.5, 0.6) is 0 Å². The van der Waals surface area contributed by atoms with E-state index in [9.17, 15) is 5.11 Å². The van der Waals surface area contributed by atoms with Crippen LogP contribution in [-0.4, -0.2) is 36.3 Å². The van der Waals surface area contributed by atoms with Crippen molar-refractivity contribution in [2.75, 3.05) is 24.3 Å². The molecule has 2 atom stereocenters. The van der Waals surface area contributed by atoms with Crippen LogP contribution in [0.3, 0.4) is 0 Å². The SMILES string of the molecule is CN(C)c1ccncc1NC1CC(O)C1(C)C. The van der Waals surface area contributed by atoms with Crippen molar-refractivity contribution < 1.29 is 5.11 Å². The van der Waals surface area contributed by atoms with E-state index in [0.717, 1.165) is 17.8 Å². The number of nitrogens with zero attached hydrogens (tertiary/aromatic N) is 2. The molecule has 2 rings (SSSR count). The lowest BCUT2D eigenvalue weighted by atomic mass is 9.64. The van der Waals surface area contributed by atoms with Crippen LogP contribution in [0.4, 0.5) is 11.4 Å². The topological polar surface area (TPSA) is 48.4 Å². The minimum absolute atomic E-state index is 0.0700. The molecule has 1 aliphatic carbocycles. The predicted molar refractivity (Wildman–Crippen MR) is 70.4 cm³/mol. The zero-order valence-electron chi connectivity index (χ0n) is 10.9. The second-order valence-electron chi connectivity index (χ2n) is 5.56. The summed E-state index contributed by atoms with van der Waals surface area (Å²) in [4.78, 5) is 6.22. The molecule has 1 aromatic rings. The van der Waals surface area contributed by atoms with Crippen molar-refractivity contribution in [2.45, 2.75) is 32.4 Å². The highest BCUT2D eigenvalue weighted by Crippen LogP contribution is 2.43. The molecular formula is C13H21N3O. The van der Waals surface area contributed by atoms with Gasteiger partial charge in [-0.2, -0.15) is 0 Å². The van der Waals surface area contributed by atoms with E-state index in [1.165, 1.54) is 0 Å². The van der Waals surface area contributed by atoms with Gasteiger partial charge in [-0.15, -0.1) is 0 Å². The Morgan fingerprint density at radius 1 is 1.47 bits per heavy atom. The van der Waals surface area contributed by atoms with Crippen LogP contribution in [-0.2, 0) is 0 Å². The predicted octanol–water partition coefficient (Wildman–Crippen LogP) is 1.72. The quantitative estimate of drug-likeness (QED) is 0.837. The normalized spacial score (nSPS) is 26.2. The fraction of sp³-hybridized carbons (Fsp3) is 0.615. The summed E-state index contributed by atoms with van der Waals surface area (Å²) in [7, 11) is 4.03. The van der Waals surface area contributed by atoms with Crippen molar-refractivity contribution in [3.8, 4) is 0 Å². The molecule has 0 aliphatic heterocycles. The van der Waals surface area contributed by atoms with E-state index in [0.29, 0.717) is 6.04 Å². The van der Waals surface area contributed by atoms with E-state index in [1.807, 2.05) is 26.4 Å². The number of hydrogen-bond donors (Lipinski definition) is 2. The van der Waals surface area contributed by atoms with Gasteiger partial charge in [0, 0.05) is 31.7 Å². The van der Waals surface area contributed by atoms with Crippen molar-refractivity contribution in [3.63, 3.8) is 0 Å². The zero-order chi connectivity index (χ0) is 12.6. The number of nitrogens with one attached hydrogen (secondary N) is 1. The number of aromatic nitrogens is 1. The molecule has 1 aromatic heterocycles. The molecule has 2 unspecified atom stereocenters. The van der Waals surface area contributed by atoms with Gasteiger partial charge in [0.2, 0.25) is 0 Å². The third-order valence-electron chi connectivity index (χ3n) is 3.83. The largest absolute Gasteiger partial charge is 0.392 e. The van der Waals surface area contributed by atoms with Crippen LogP contribution in [0.15, 0.2) is 18.5 Å². The third kappa shape index (κ3) is 2.09. The summed E-state index contributed by atoms with van der Waals surface area (Å²) < 4.78 is 0. The first-order chi connectivity index (χ1) is 7.93. The Kier molecular flexibility index (Phi) is 3.00. The molecular weight excluding hydrogens is 214 g/mol. The highest BCUT2D eigenvalue weighted by molar-refractivity contribution is 5.68. The van der Waals surface area contributed by atoms with Crippen molar-refractivity contribution in [1.29, 1.82) is 0 Å². The van der Waals surface area contributed by atoms with E-state index in [1.54, 1.807) is 6.20 Å². The van der Waals surface area contributed by atoms with Gasteiger partial charge in [0.25, 0.3) is 0 Å². The molecule has 0 aromatic carbocycles. The number of hydrogen-bond acceptors (Lipinski definition) is 4. The standard InChI is InChI=1S/C13H21N3O/c1-13(2)11(7-12(13)17)15-9-8-14-6-5-10(9)16(3)4/h5-6,8,11-12,15,17H,7H2,1-4H3. The van der Waals surface area contributed by atoms with Crippen molar-refractivity contribution in [2.24, 2.45) is 5.41 Å². The number of aliphatic hydroxyl groups is 1. The smallest absolute Gasteiger partial charge is 0.0766 e. The van der Waals surface area contributed by atoms with Gasteiger partial charge in [0.05, 0.1) is 23.7 Å². The summed E-state index contributed by atoms with van der Waals surface area (Å²) in [6.07, 6.45) is 4.23. The third-order valence-corrected chi connectivity index (χ3v) is 3.83. The summed E-state index contributed by atoms with van der Waals surface area (Å²) in [6.45, 7) is 4.18. The summed E-state index contributed by atoms with van der Waals surface area (Å²) in [5.41, 5.74) is 2.08. The first-order valence-electron chi connectivity index (χ1n) is 5.99. The van der Waals surface area contributed by atoms with Crippen LogP contribution >= 0.6 is 0 Å². The maximum Gasteiger partial charge on any atom is 0.0766 e. The Bertz CT molecular complexity index is 403. The molecule has 17 heavy (non-hydrogen) atoms. The lowest BCUT2D eigenvalue weighted by Gasteiger charge is -2.50. The molecule has 0 spiro atoms. The Morgan fingerprint density at radius 2 is 2.18 bits per heavy atom. The maximum absolute atomic E-state index is 9.74. The molecule has 0 radical (unpaired) electrons. The zero-order valence-corrected chi connectivity index (χ0v) is 10.9. The van der Waals surface area contributed by atoms with E-state index in [2.05, 4.69) is 29.0 Å². The van der Waals surface area contributed by atoms with Gasteiger partial charge >= 0.3 is 0 Å². The Hall–Kier alpha value is -1.29. The van der Waals surface area contributed by atoms with Crippen LogP contribution in [0.25, 0.3) is 0 Å². The molecule has 1 heterocycles. The summed E-state index contributed by atoms with van der Waals surface area (Å²) in [5, 5.41) is 13.2. The van der Waals surface area contributed by atoms with Gasteiger partial charge in [-0.1, -0.05) is 13.8 Å². The van der Waals surface area contributed by atoms with Gasteiger partial charge in [-0.25, -0.2) is 0 Å². The van der Waals surface area contributed by atoms with Crippen LogP contribution in [0, 0.1) is 5.41 Å². The molecule has 2 N–H and O–H groups in total.